The average Bonchev–Trinajstić information content (AvgIpc) is 3.12. The van der Waals surface area contributed by atoms with E-state index in [1.54, 1.807) is 52.1 Å². The van der Waals surface area contributed by atoms with E-state index in [4.69, 9.17) is 9.47 Å². The van der Waals surface area contributed by atoms with Crippen LogP contribution in [0.25, 0.3) is 10.9 Å². The lowest BCUT2D eigenvalue weighted by atomic mass is 10.2. The molecule has 2 aromatic carbocycles. The molecule has 0 fully saturated rings. The Labute approximate surface area is 181 Å². The first kappa shape index (κ1) is 22.6. The number of likely N-dealkylation sites (N-methyl/N-ethyl adjacent to an activating group) is 1. The van der Waals surface area contributed by atoms with Gasteiger partial charge in [-0.05, 0) is 51.1 Å². The molecule has 0 saturated heterocycles. The topological polar surface area (TPSA) is 77.8 Å². The molecule has 0 aliphatic heterocycles. The van der Waals surface area contributed by atoms with E-state index in [1.165, 1.54) is 29.3 Å². The number of benzene rings is 2. The van der Waals surface area contributed by atoms with E-state index in [-0.39, 0.29) is 13.2 Å². The molecule has 1 aromatic heterocycles. The first-order valence-corrected chi connectivity index (χ1v) is 11.1. The molecule has 0 spiro atoms. The fourth-order valence-electron chi connectivity index (χ4n) is 2.93. The van der Waals surface area contributed by atoms with Crippen LogP contribution in [0.2, 0.25) is 0 Å². The molecule has 0 aliphatic rings. The highest BCUT2D eigenvalue weighted by Crippen LogP contribution is 2.30. The minimum absolute atomic E-state index is 0.181. The van der Waals surface area contributed by atoms with Crippen LogP contribution in [0.5, 0.6) is 5.75 Å². The summed E-state index contributed by atoms with van der Waals surface area (Å²) in [6, 6.07) is 11.8. The molecule has 3 aromatic rings. The normalized spacial score (nSPS) is 12.0. The SMILES string of the molecule is CN(CCOc1cccc2c1ccn2S(=O)(=O)c1ccccc1F)C(=O)OC(C)(C)C. The number of fused-ring (bicyclic) bond motifs is 1. The van der Waals surface area contributed by atoms with Crippen LogP contribution in [0.4, 0.5) is 9.18 Å². The predicted octanol–water partition coefficient (Wildman–Crippen LogP) is 4.26. The highest BCUT2D eigenvalue weighted by Gasteiger charge is 2.23. The summed E-state index contributed by atoms with van der Waals surface area (Å²) < 4.78 is 52.1. The van der Waals surface area contributed by atoms with Gasteiger partial charge in [0.05, 0.1) is 12.1 Å². The number of rotatable bonds is 6. The van der Waals surface area contributed by atoms with Crippen molar-refractivity contribution in [2.45, 2.75) is 31.3 Å². The van der Waals surface area contributed by atoms with Crippen LogP contribution in [0, 0.1) is 5.82 Å². The van der Waals surface area contributed by atoms with Crippen molar-refractivity contribution in [2.75, 3.05) is 20.2 Å². The van der Waals surface area contributed by atoms with E-state index in [0.29, 0.717) is 16.7 Å². The number of hydrogen-bond donors (Lipinski definition) is 0. The van der Waals surface area contributed by atoms with Gasteiger partial charge in [-0.1, -0.05) is 18.2 Å². The number of ether oxygens (including phenoxy) is 2. The Kier molecular flexibility index (Phi) is 6.26. The number of amides is 1. The summed E-state index contributed by atoms with van der Waals surface area (Å²) in [5.74, 6) is -0.362. The minimum atomic E-state index is -4.12. The lowest BCUT2D eigenvalue weighted by molar-refractivity contribution is 0.0278. The molecule has 0 radical (unpaired) electrons. The summed E-state index contributed by atoms with van der Waals surface area (Å²) in [7, 11) is -2.51. The van der Waals surface area contributed by atoms with Crippen LogP contribution in [-0.4, -0.2) is 49.2 Å². The molecule has 0 saturated carbocycles. The number of nitrogens with zero attached hydrogens (tertiary/aromatic N) is 2. The summed E-state index contributed by atoms with van der Waals surface area (Å²) in [6.07, 6.45) is 0.906. The molecule has 0 unspecified atom stereocenters. The van der Waals surface area contributed by atoms with Crippen molar-refractivity contribution in [3.8, 4) is 5.75 Å². The fourth-order valence-corrected chi connectivity index (χ4v) is 4.35. The summed E-state index contributed by atoms with van der Waals surface area (Å²) >= 11 is 0. The zero-order valence-corrected chi connectivity index (χ0v) is 18.6. The number of halogens is 1. The van der Waals surface area contributed by atoms with E-state index in [1.807, 2.05) is 0 Å². The maximum Gasteiger partial charge on any atom is 0.410 e. The lowest BCUT2D eigenvalue weighted by Crippen LogP contribution is -2.36. The molecule has 0 atom stereocenters. The van der Waals surface area contributed by atoms with Crippen LogP contribution in [-0.2, 0) is 14.8 Å². The zero-order chi connectivity index (χ0) is 22.8. The molecule has 166 valence electrons. The Bertz CT molecular complexity index is 1200. The number of hydrogen-bond acceptors (Lipinski definition) is 5. The molecule has 0 aliphatic carbocycles. The van der Waals surface area contributed by atoms with Gasteiger partial charge in [-0.25, -0.2) is 21.6 Å². The van der Waals surface area contributed by atoms with Crippen LogP contribution in [0.1, 0.15) is 20.8 Å². The average molecular weight is 449 g/mol. The third kappa shape index (κ3) is 4.99. The van der Waals surface area contributed by atoms with E-state index in [0.717, 1.165) is 10.0 Å². The van der Waals surface area contributed by atoms with Crippen LogP contribution in [0.3, 0.4) is 0 Å². The quantitative estimate of drug-likeness (QED) is 0.563. The Hall–Kier alpha value is -3.07. The van der Waals surface area contributed by atoms with Crippen molar-refractivity contribution >= 4 is 27.0 Å². The second-order valence-electron chi connectivity index (χ2n) is 7.99. The smallest absolute Gasteiger partial charge is 0.410 e. The fraction of sp³-hybridized carbons (Fsp3) is 0.318. The summed E-state index contributed by atoms with van der Waals surface area (Å²) in [5, 5.41) is 0.558. The van der Waals surface area contributed by atoms with Crippen molar-refractivity contribution in [1.82, 2.24) is 8.87 Å². The Balaban J connectivity index is 1.79. The van der Waals surface area contributed by atoms with Crippen molar-refractivity contribution in [1.29, 1.82) is 0 Å². The maximum atomic E-state index is 14.1. The monoisotopic (exact) mass is 448 g/mol. The van der Waals surface area contributed by atoms with E-state index in [2.05, 4.69) is 0 Å². The lowest BCUT2D eigenvalue weighted by Gasteiger charge is -2.24. The first-order chi connectivity index (χ1) is 14.5. The first-order valence-electron chi connectivity index (χ1n) is 9.68. The second kappa shape index (κ2) is 8.58. The number of aromatic nitrogens is 1. The van der Waals surface area contributed by atoms with Crippen molar-refractivity contribution in [3.05, 3.63) is 60.5 Å². The molecule has 1 heterocycles. The maximum absolute atomic E-state index is 14.1. The van der Waals surface area contributed by atoms with Crippen molar-refractivity contribution in [3.63, 3.8) is 0 Å². The Morgan fingerprint density at radius 3 is 2.48 bits per heavy atom. The standard InChI is InChI=1S/C22H25FN2O5S/c1-22(2,3)30-21(26)24(4)14-15-29-19-10-7-9-18-16(19)12-13-25(18)31(27,28)20-11-6-5-8-17(20)23/h5-13H,14-15H2,1-4H3. The van der Waals surface area contributed by atoms with Crippen LogP contribution >= 0.6 is 0 Å². The summed E-state index contributed by atoms with van der Waals surface area (Å²) in [5.41, 5.74) is -0.231. The molecular weight excluding hydrogens is 423 g/mol. The van der Waals surface area contributed by atoms with Gasteiger partial charge in [-0.3, -0.25) is 0 Å². The van der Waals surface area contributed by atoms with Gasteiger partial charge in [0.2, 0.25) is 0 Å². The molecule has 31 heavy (non-hydrogen) atoms. The Morgan fingerprint density at radius 2 is 1.81 bits per heavy atom. The molecule has 0 bridgehead atoms. The third-order valence-corrected chi connectivity index (χ3v) is 6.14. The van der Waals surface area contributed by atoms with Gasteiger partial charge in [-0.2, -0.15) is 0 Å². The van der Waals surface area contributed by atoms with Gasteiger partial charge in [0.25, 0.3) is 10.0 Å². The van der Waals surface area contributed by atoms with Gasteiger partial charge < -0.3 is 14.4 Å². The van der Waals surface area contributed by atoms with Crippen molar-refractivity contribution in [2.24, 2.45) is 0 Å². The molecular formula is C22H25FN2O5S. The number of carbonyl (C=O) groups excluding carboxylic acids is 1. The van der Waals surface area contributed by atoms with Gasteiger partial charge in [0.1, 0.15) is 28.7 Å². The highest BCUT2D eigenvalue weighted by atomic mass is 32.2. The summed E-state index contributed by atoms with van der Waals surface area (Å²) in [6.45, 7) is 5.82. The van der Waals surface area contributed by atoms with Gasteiger partial charge >= 0.3 is 6.09 Å². The van der Waals surface area contributed by atoms with Gasteiger partial charge in [0, 0.05) is 18.6 Å². The van der Waals surface area contributed by atoms with Crippen LogP contribution < -0.4 is 4.74 Å². The summed E-state index contributed by atoms with van der Waals surface area (Å²) in [4.78, 5) is 13.0. The van der Waals surface area contributed by atoms with Gasteiger partial charge in [0.15, 0.2) is 0 Å². The van der Waals surface area contributed by atoms with Gasteiger partial charge in [-0.15, -0.1) is 0 Å². The second-order valence-corrected chi connectivity index (χ2v) is 9.77. The molecule has 7 nitrogen and oxygen atoms in total. The van der Waals surface area contributed by atoms with Crippen LogP contribution in [0.15, 0.2) is 59.6 Å². The molecule has 1 amide bonds. The highest BCUT2D eigenvalue weighted by molar-refractivity contribution is 7.90. The molecule has 3 rings (SSSR count). The predicted molar refractivity (Wildman–Crippen MR) is 115 cm³/mol. The number of carbonyl (C=O) groups is 1. The Morgan fingerprint density at radius 1 is 1.10 bits per heavy atom. The third-order valence-electron chi connectivity index (χ3n) is 4.42. The molecule has 9 heteroatoms. The van der Waals surface area contributed by atoms with E-state index >= 15 is 0 Å². The van der Waals surface area contributed by atoms with E-state index in [9.17, 15) is 17.6 Å². The molecule has 0 N–H and O–H groups in total. The minimum Gasteiger partial charge on any atom is -0.491 e. The van der Waals surface area contributed by atoms with E-state index < -0.39 is 32.4 Å². The van der Waals surface area contributed by atoms with Crippen molar-refractivity contribution < 1.29 is 27.1 Å². The zero-order valence-electron chi connectivity index (χ0n) is 17.8. The largest absolute Gasteiger partial charge is 0.491 e.